The molecule has 3 heterocycles. The van der Waals surface area contributed by atoms with Gasteiger partial charge < -0.3 is 5.32 Å². The average molecular weight is 412 g/mol. The van der Waals surface area contributed by atoms with Crippen molar-refractivity contribution in [2.75, 3.05) is 16.8 Å². The number of amides is 2. The maximum Gasteiger partial charge on any atom is 0.416 e. The molecule has 0 saturated heterocycles. The number of urea groups is 1. The first kappa shape index (κ1) is 19.9. The predicted molar refractivity (Wildman–Crippen MR) is 108 cm³/mol. The van der Waals surface area contributed by atoms with Crippen molar-refractivity contribution >= 4 is 17.5 Å². The third kappa shape index (κ3) is 3.98. The largest absolute Gasteiger partial charge is 0.416 e. The zero-order valence-corrected chi connectivity index (χ0v) is 16.2. The fourth-order valence-electron chi connectivity index (χ4n) is 3.45. The van der Waals surface area contributed by atoms with E-state index in [1.54, 1.807) is 30.6 Å². The number of fused-ring (bicyclic) bond motifs is 1. The molecule has 2 aromatic heterocycles. The zero-order valence-electron chi connectivity index (χ0n) is 16.2. The number of halogens is 3. The van der Waals surface area contributed by atoms with Gasteiger partial charge in [-0.05, 0) is 55.2 Å². The van der Waals surface area contributed by atoms with Crippen LogP contribution in [0.5, 0.6) is 0 Å². The van der Waals surface area contributed by atoms with Crippen molar-refractivity contribution in [2.24, 2.45) is 0 Å². The highest BCUT2D eigenvalue weighted by molar-refractivity contribution is 6.02. The van der Waals surface area contributed by atoms with E-state index in [1.165, 1.54) is 11.0 Å². The van der Waals surface area contributed by atoms with E-state index in [2.05, 4.69) is 15.3 Å². The van der Waals surface area contributed by atoms with Crippen LogP contribution in [0.4, 0.5) is 29.5 Å². The molecule has 1 aliphatic rings. The summed E-state index contributed by atoms with van der Waals surface area (Å²) < 4.78 is 39.2. The molecular weight excluding hydrogens is 393 g/mol. The highest BCUT2D eigenvalue weighted by Crippen LogP contribution is 2.33. The molecule has 0 saturated carbocycles. The van der Waals surface area contributed by atoms with Gasteiger partial charge in [-0.1, -0.05) is 18.2 Å². The van der Waals surface area contributed by atoms with E-state index < -0.39 is 11.7 Å². The van der Waals surface area contributed by atoms with E-state index >= 15 is 0 Å². The van der Waals surface area contributed by atoms with Crippen LogP contribution in [0.25, 0.3) is 11.3 Å². The summed E-state index contributed by atoms with van der Waals surface area (Å²) in [5, 5.41) is 2.87. The first-order chi connectivity index (χ1) is 14.3. The molecule has 30 heavy (non-hydrogen) atoms. The number of aryl methyl sites for hydroxylation is 2. The second-order valence-electron chi connectivity index (χ2n) is 7.13. The highest BCUT2D eigenvalue weighted by Gasteiger charge is 2.31. The van der Waals surface area contributed by atoms with E-state index in [9.17, 15) is 18.0 Å². The van der Waals surface area contributed by atoms with Crippen molar-refractivity contribution in [1.29, 1.82) is 0 Å². The topological polar surface area (TPSA) is 58.1 Å². The number of anilines is 2. The summed E-state index contributed by atoms with van der Waals surface area (Å²) in [7, 11) is 0. The Bertz CT molecular complexity index is 1100. The average Bonchev–Trinajstić information content (AvgIpc) is 2.74. The van der Waals surface area contributed by atoms with Crippen LogP contribution in [0.15, 0.2) is 54.9 Å². The van der Waals surface area contributed by atoms with Crippen LogP contribution in [0.2, 0.25) is 0 Å². The number of rotatable bonds is 2. The molecule has 0 atom stereocenters. The van der Waals surface area contributed by atoms with Gasteiger partial charge >= 0.3 is 12.2 Å². The van der Waals surface area contributed by atoms with E-state index in [-0.39, 0.29) is 6.03 Å². The van der Waals surface area contributed by atoms with Gasteiger partial charge in [0, 0.05) is 30.2 Å². The zero-order chi connectivity index (χ0) is 21.3. The minimum Gasteiger partial charge on any atom is -0.307 e. The molecule has 4 rings (SSSR count). The lowest BCUT2D eigenvalue weighted by atomic mass is 10.0. The quantitative estimate of drug-likeness (QED) is 0.608. The van der Waals surface area contributed by atoms with Gasteiger partial charge in [-0.25, -0.2) is 9.78 Å². The lowest BCUT2D eigenvalue weighted by molar-refractivity contribution is -0.137. The maximum absolute atomic E-state index is 13.1. The monoisotopic (exact) mass is 412 g/mol. The van der Waals surface area contributed by atoms with Gasteiger partial charge in [0.25, 0.3) is 0 Å². The number of aromatic nitrogens is 2. The van der Waals surface area contributed by atoms with Crippen LogP contribution in [0, 0.1) is 6.92 Å². The number of hydrogen-bond acceptors (Lipinski definition) is 3. The molecule has 0 radical (unpaired) electrons. The maximum atomic E-state index is 13.1. The summed E-state index contributed by atoms with van der Waals surface area (Å²) in [6, 6.07) is 9.94. The van der Waals surface area contributed by atoms with Crippen LogP contribution < -0.4 is 10.2 Å². The second kappa shape index (κ2) is 7.78. The van der Waals surface area contributed by atoms with E-state index in [4.69, 9.17) is 0 Å². The summed E-state index contributed by atoms with van der Waals surface area (Å²) in [6.07, 6.45) is 0.350. The van der Waals surface area contributed by atoms with E-state index in [0.717, 1.165) is 36.1 Å². The van der Waals surface area contributed by atoms with Crippen molar-refractivity contribution in [3.8, 4) is 11.3 Å². The van der Waals surface area contributed by atoms with Crippen LogP contribution in [-0.2, 0) is 12.6 Å². The van der Waals surface area contributed by atoms with Crippen LogP contribution in [-0.4, -0.2) is 22.5 Å². The smallest absolute Gasteiger partial charge is 0.307 e. The first-order valence-corrected chi connectivity index (χ1v) is 9.49. The van der Waals surface area contributed by atoms with Crippen molar-refractivity contribution in [3.05, 3.63) is 71.5 Å². The Balaban J connectivity index is 1.67. The Morgan fingerprint density at radius 2 is 2.00 bits per heavy atom. The molecule has 0 aliphatic carbocycles. The SMILES string of the molecule is Cc1cnccc1NC(=O)N1CCCc2ccc(-c3cccc(C(F)(F)F)c3)nc21. The Labute approximate surface area is 171 Å². The minimum absolute atomic E-state index is 0.334. The predicted octanol–water partition coefficient (Wildman–Crippen LogP) is 5.46. The summed E-state index contributed by atoms with van der Waals surface area (Å²) in [5.41, 5.74) is 2.37. The fourth-order valence-corrected chi connectivity index (χ4v) is 3.45. The molecule has 3 aromatic rings. The summed E-state index contributed by atoms with van der Waals surface area (Å²) in [6.45, 7) is 2.32. The lowest BCUT2D eigenvalue weighted by Gasteiger charge is -2.29. The fraction of sp³-hybridized carbons (Fsp3) is 0.227. The number of hydrogen-bond donors (Lipinski definition) is 1. The molecule has 0 bridgehead atoms. The Kier molecular flexibility index (Phi) is 5.15. The van der Waals surface area contributed by atoms with Gasteiger partial charge in [0.2, 0.25) is 0 Å². The molecule has 0 spiro atoms. The molecule has 1 aromatic carbocycles. The van der Waals surface area contributed by atoms with Crippen LogP contribution in [0.3, 0.4) is 0 Å². The number of carbonyl (C=O) groups is 1. The summed E-state index contributed by atoms with van der Waals surface area (Å²) in [5.74, 6) is 0.473. The molecule has 1 aliphatic heterocycles. The third-order valence-electron chi connectivity index (χ3n) is 5.03. The number of pyridine rings is 2. The number of nitrogens with zero attached hydrogens (tertiary/aromatic N) is 3. The summed E-state index contributed by atoms with van der Waals surface area (Å²) >= 11 is 0. The summed E-state index contributed by atoms with van der Waals surface area (Å²) in [4.78, 5) is 23.0. The second-order valence-corrected chi connectivity index (χ2v) is 7.13. The molecule has 0 unspecified atom stereocenters. The van der Waals surface area contributed by atoms with Crippen molar-refractivity contribution < 1.29 is 18.0 Å². The molecule has 0 fully saturated rings. The Hall–Kier alpha value is -3.42. The minimum atomic E-state index is -4.43. The normalized spacial score (nSPS) is 13.7. The molecule has 5 nitrogen and oxygen atoms in total. The number of alkyl halides is 3. The van der Waals surface area contributed by atoms with Crippen LogP contribution in [0.1, 0.15) is 23.1 Å². The lowest BCUT2D eigenvalue weighted by Crippen LogP contribution is -2.39. The molecule has 8 heteroatoms. The first-order valence-electron chi connectivity index (χ1n) is 9.49. The van der Waals surface area contributed by atoms with E-state index in [1.807, 2.05) is 13.0 Å². The molecule has 1 N–H and O–H groups in total. The molecule has 2 amide bonds. The van der Waals surface area contributed by atoms with Crippen molar-refractivity contribution in [3.63, 3.8) is 0 Å². The van der Waals surface area contributed by atoms with Gasteiger partial charge in [0.1, 0.15) is 5.82 Å². The van der Waals surface area contributed by atoms with Gasteiger partial charge in [-0.3, -0.25) is 9.88 Å². The highest BCUT2D eigenvalue weighted by atomic mass is 19.4. The Morgan fingerprint density at radius 1 is 1.17 bits per heavy atom. The number of nitrogens with one attached hydrogen (secondary N) is 1. The molecule has 154 valence electrons. The molecular formula is C22H19F3N4O. The van der Waals surface area contributed by atoms with Gasteiger partial charge in [-0.2, -0.15) is 13.2 Å². The van der Waals surface area contributed by atoms with Crippen molar-refractivity contribution in [2.45, 2.75) is 25.9 Å². The van der Waals surface area contributed by atoms with Gasteiger partial charge in [-0.15, -0.1) is 0 Å². The van der Waals surface area contributed by atoms with Crippen LogP contribution >= 0.6 is 0 Å². The van der Waals surface area contributed by atoms with Gasteiger partial charge in [0.15, 0.2) is 0 Å². The number of benzene rings is 1. The Morgan fingerprint density at radius 3 is 2.77 bits per heavy atom. The number of carbonyl (C=O) groups excluding carboxylic acids is 1. The van der Waals surface area contributed by atoms with Gasteiger partial charge in [0.05, 0.1) is 11.3 Å². The third-order valence-corrected chi connectivity index (χ3v) is 5.03. The van der Waals surface area contributed by atoms with Crippen molar-refractivity contribution in [1.82, 2.24) is 9.97 Å². The van der Waals surface area contributed by atoms with E-state index in [0.29, 0.717) is 29.3 Å². The standard InChI is InChI=1S/C22H19F3N4O/c1-14-13-26-10-9-18(14)28-21(30)29-11-3-5-15-7-8-19(27-20(15)29)16-4-2-6-17(12-16)22(23,24)25/h2,4,6-10,12-13H,3,5,11H2,1H3,(H,26,28,30).